The molecule has 26 heavy (non-hydrogen) atoms. The lowest BCUT2D eigenvalue weighted by Crippen LogP contribution is -2.28. The van der Waals surface area contributed by atoms with Crippen LogP contribution in [0.15, 0.2) is 24.3 Å². The SMILES string of the molecule is CCCCC/C=C\C/C=C\CCCCCCCCCCCC(=O)CNN. The van der Waals surface area contributed by atoms with Gasteiger partial charge in [0.25, 0.3) is 0 Å². The van der Waals surface area contributed by atoms with Crippen LogP contribution in [-0.4, -0.2) is 12.3 Å². The van der Waals surface area contributed by atoms with E-state index in [9.17, 15) is 4.79 Å². The summed E-state index contributed by atoms with van der Waals surface area (Å²) >= 11 is 0. The first-order valence-corrected chi connectivity index (χ1v) is 11.1. The van der Waals surface area contributed by atoms with Gasteiger partial charge in [-0.1, -0.05) is 89.0 Å². The van der Waals surface area contributed by atoms with Gasteiger partial charge in [0.2, 0.25) is 0 Å². The lowest BCUT2D eigenvalue weighted by molar-refractivity contribution is -0.118. The maximum Gasteiger partial charge on any atom is 0.148 e. The van der Waals surface area contributed by atoms with Gasteiger partial charge in [-0.2, -0.15) is 0 Å². The highest BCUT2D eigenvalue weighted by molar-refractivity contribution is 5.80. The van der Waals surface area contributed by atoms with Gasteiger partial charge in [-0.15, -0.1) is 0 Å². The summed E-state index contributed by atoms with van der Waals surface area (Å²) in [5.74, 6) is 5.35. The molecule has 3 nitrogen and oxygen atoms in total. The average Bonchev–Trinajstić information content (AvgIpc) is 2.64. The van der Waals surface area contributed by atoms with Crippen molar-refractivity contribution in [2.24, 2.45) is 5.84 Å². The predicted molar refractivity (Wildman–Crippen MR) is 115 cm³/mol. The van der Waals surface area contributed by atoms with Gasteiger partial charge in [0.15, 0.2) is 0 Å². The number of hydrogen-bond donors (Lipinski definition) is 2. The van der Waals surface area contributed by atoms with Gasteiger partial charge in [-0.25, -0.2) is 0 Å². The lowest BCUT2D eigenvalue weighted by Gasteiger charge is -2.02. The molecule has 0 bridgehead atoms. The minimum Gasteiger partial charge on any atom is -0.298 e. The standard InChI is InChI=1S/C23H44N2O/c1-2-3-4-5-6-7-8-9-10-11-12-13-14-15-16-17-18-19-20-21-23(26)22-25-24/h6-7,9-10,25H,2-5,8,11-22,24H2,1H3/b7-6-,10-9-. The van der Waals surface area contributed by atoms with Gasteiger partial charge in [0.1, 0.15) is 5.78 Å². The number of hydrazine groups is 1. The maximum absolute atomic E-state index is 11.3. The second-order valence-corrected chi connectivity index (χ2v) is 7.31. The molecule has 0 aromatic carbocycles. The van der Waals surface area contributed by atoms with Crippen molar-refractivity contribution in [3.05, 3.63) is 24.3 Å². The third kappa shape index (κ3) is 21.1. The van der Waals surface area contributed by atoms with Crippen molar-refractivity contribution in [2.45, 2.75) is 110 Å². The minimum absolute atomic E-state index is 0.226. The number of rotatable bonds is 20. The Morgan fingerprint density at radius 1 is 0.731 bits per heavy atom. The molecule has 0 aliphatic heterocycles. The van der Waals surface area contributed by atoms with E-state index in [1.54, 1.807) is 0 Å². The fourth-order valence-corrected chi connectivity index (χ4v) is 3.04. The molecule has 0 radical (unpaired) electrons. The van der Waals surface area contributed by atoms with E-state index in [0.29, 0.717) is 13.0 Å². The largest absolute Gasteiger partial charge is 0.298 e. The molecule has 3 N–H and O–H groups in total. The molecular formula is C23H44N2O. The number of ketones is 1. The zero-order valence-corrected chi connectivity index (χ0v) is 17.3. The Balaban J connectivity index is 3.17. The van der Waals surface area contributed by atoms with Crippen LogP contribution in [0.25, 0.3) is 0 Å². The molecule has 0 aliphatic rings. The summed E-state index contributed by atoms with van der Waals surface area (Å²) in [6.45, 7) is 2.56. The number of carbonyl (C=O) groups excluding carboxylic acids is 1. The second kappa shape index (κ2) is 22.1. The zero-order valence-electron chi connectivity index (χ0n) is 17.3. The van der Waals surface area contributed by atoms with Crippen LogP contribution in [0.4, 0.5) is 0 Å². The molecule has 0 aromatic rings. The molecule has 0 aliphatic carbocycles. The molecule has 0 fully saturated rings. The molecule has 0 unspecified atom stereocenters. The van der Waals surface area contributed by atoms with Gasteiger partial charge in [0, 0.05) is 6.42 Å². The van der Waals surface area contributed by atoms with E-state index in [1.807, 2.05) is 0 Å². The van der Waals surface area contributed by atoms with Crippen LogP contribution < -0.4 is 11.3 Å². The molecule has 152 valence electrons. The molecule has 0 spiro atoms. The monoisotopic (exact) mass is 364 g/mol. The summed E-state index contributed by atoms with van der Waals surface area (Å²) in [6.07, 6.45) is 29.1. The molecule has 0 atom stereocenters. The van der Waals surface area contributed by atoms with Gasteiger partial charge in [0.05, 0.1) is 6.54 Å². The average molecular weight is 365 g/mol. The number of allylic oxidation sites excluding steroid dienone is 4. The third-order valence-electron chi connectivity index (χ3n) is 4.71. The zero-order chi connectivity index (χ0) is 19.1. The first-order valence-electron chi connectivity index (χ1n) is 11.1. The fourth-order valence-electron chi connectivity index (χ4n) is 3.04. The van der Waals surface area contributed by atoms with Crippen LogP contribution in [0, 0.1) is 0 Å². The van der Waals surface area contributed by atoms with Crippen molar-refractivity contribution < 1.29 is 4.79 Å². The van der Waals surface area contributed by atoms with E-state index in [-0.39, 0.29) is 5.78 Å². The van der Waals surface area contributed by atoms with Gasteiger partial charge >= 0.3 is 0 Å². The number of nitrogens with two attached hydrogens (primary N) is 1. The van der Waals surface area contributed by atoms with Crippen LogP contribution in [0.2, 0.25) is 0 Å². The van der Waals surface area contributed by atoms with Crippen molar-refractivity contribution in [3.8, 4) is 0 Å². The van der Waals surface area contributed by atoms with Crippen LogP contribution >= 0.6 is 0 Å². The molecular weight excluding hydrogens is 320 g/mol. The van der Waals surface area contributed by atoms with Crippen LogP contribution in [0.3, 0.4) is 0 Å². The Kier molecular flexibility index (Phi) is 21.3. The molecule has 0 saturated heterocycles. The van der Waals surface area contributed by atoms with Crippen molar-refractivity contribution in [3.63, 3.8) is 0 Å². The molecule has 3 heteroatoms. The molecule has 0 amide bonds. The highest BCUT2D eigenvalue weighted by atomic mass is 16.1. The van der Waals surface area contributed by atoms with E-state index in [1.165, 1.54) is 83.5 Å². The summed E-state index contributed by atoms with van der Waals surface area (Å²) in [6, 6.07) is 0. The van der Waals surface area contributed by atoms with Crippen molar-refractivity contribution in [2.75, 3.05) is 6.54 Å². The summed E-state index contributed by atoms with van der Waals surface area (Å²) in [5, 5.41) is 0. The van der Waals surface area contributed by atoms with E-state index in [0.717, 1.165) is 12.8 Å². The minimum atomic E-state index is 0.226. The highest BCUT2D eigenvalue weighted by Gasteiger charge is 1.99. The number of nitrogens with one attached hydrogen (secondary N) is 1. The van der Waals surface area contributed by atoms with Crippen LogP contribution in [0.1, 0.15) is 110 Å². The number of Topliss-reactive ketones (excluding diaryl/α,β-unsaturated/α-hetero) is 1. The van der Waals surface area contributed by atoms with Crippen LogP contribution in [0.5, 0.6) is 0 Å². The number of unbranched alkanes of at least 4 members (excludes halogenated alkanes) is 12. The second-order valence-electron chi connectivity index (χ2n) is 7.31. The normalized spacial score (nSPS) is 11.8. The Hall–Kier alpha value is -0.930. The van der Waals surface area contributed by atoms with E-state index in [4.69, 9.17) is 5.84 Å². The fraction of sp³-hybridized carbons (Fsp3) is 0.783. The number of hydrogen-bond acceptors (Lipinski definition) is 3. The highest BCUT2D eigenvalue weighted by Crippen LogP contribution is 2.11. The summed E-state index contributed by atoms with van der Waals surface area (Å²) in [4.78, 5) is 11.3. The Labute approximate surface area is 162 Å². The van der Waals surface area contributed by atoms with Crippen molar-refractivity contribution in [1.82, 2.24) is 5.43 Å². The van der Waals surface area contributed by atoms with Gasteiger partial charge in [-0.05, 0) is 38.5 Å². The third-order valence-corrected chi connectivity index (χ3v) is 4.71. The Morgan fingerprint density at radius 3 is 1.77 bits per heavy atom. The maximum atomic E-state index is 11.3. The summed E-state index contributed by atoms with van der Waals surface area (Å²) in [5.41, 5.74) is 2.42. The Bertz CT molecular complexity index is 350. The molecule has 0 rings (SSSR count). The topological polar surface area (TPSA) is 55.1 Å². The van der Waals surface area contributed by atoms with E-state index in [2.05, 4.69) is 36.7 Å². The first kappa shape index (κ1) is 25.1. The van der Waals surface area contributed by atoms with Crippen molar-refractivity contribution in [1.29, 1.82) is 0 Å². The van der Waals surface area contributed by atoms with Crippen molar-refractivity contribution >= 4 is 5.78 Å². The first-order chi connectivity index (χ1) is 12.8. The quantitative estimate of drug-likeness (QED) is 0.114. The van der Waals surface area contributed by atoms with E-state index >= 15 is 0 Å². The van der Waals surface area contributed by atoms with Gasteiger partial charge in [-0.3, -0.25) is 16.1 Å². The van der Waals surface area contributed by atoms with Crippen LogP contribution in [-0.2, 0) is 4.79 Å². The summed E-state index contributed by atoms with van der Waals surface area (Å²) < 4.78 is 0. The number of carbonyl (C=O) groups is 1. The lowest BCUT2D eigenvalue weighted by atomic mass is 10.0. The summed E-state index contributed by atoms with van der Waals surface area (Å²) in [7, 11) is 0. The molecule has 0 heterocycles. The molecule has 0 aromatic heterocycles. The predicted octanol–water partition coefficient (Wildman–Crippen LogP) is 6.39. The smallest absolute Gasteiger partial charge is 0.148 e. The van der Waals surface area contributed by atoms with E-state index < -0.39 is 0 Å². The molecule has 0 saturated carbocycles. The van der Waals surface area contributed by atoms with Gasteiger partial charge < -0.3 is 0 Å². The Morgan fingerprint density at radius 2 is 1.23 bits per heavy atom.